The van der Waals surface area contributed by atoms with Crippen LogP contribution < -0.4 is 26.2 Å². The molecule has 42 heavy (non-hydrogen) atoms. The smallest absolute Gasteiger partial charge is 0.368 e. The van der Waals surface area contributed by atoms with E-state index in [1.165, 1.54) is 12.8 Å². The molecule has 11 heteroatoms. The molecule has 2 heterocycles. The number of anilines is 2. The molecule has 1 aliphatic carbocycles. The van der Waals surface area contributed by atoms with Crippen LogP contribution in [0.15, 0.2) is 54.7 Å². The molecule has 5 rings (SSSR count). The van der Waals surface area contributed by atoms with Crippen LogP contribution in [0, 0.1) is 17.2 Å². The summed E-state index contributed by atoms with van der Waals surface area (Å²) in [5, 5.41) is 19.8. The Hall–Kier alpha value is -3.51. The Morgan fingerprint density at radius 3 is 2.67 bits per heavy atom. The summed E-state index contributed by atoms with van der Waals surface area (Å²) in [7, 11) is 2.70. The van der Waals surface area contributed by atoms with E-state index >= 15 is 0 Å². The number of hydrogen-bond acceptors (Lipinski definition) is 6. The van der Waals surface area contributed by atoms with Crippen molar-refractivity contribution in [2.24, 2.45) is 5.92 Å². The Morgan fingerprint density at radius 2 is 1.95 bits per heavy atom. The summed E-state index contributed by atoms with van der Waals surface area (Å²) in [5.74, 6) is 0.420. The fourth-order valence-electron chi connectivity index (χ4n) is 5.21. The van der Waals surface area contributed by atoms with Crippen molar-refractivity contribution in [3.63, 3.8) is 0 Å². The number of alkyl halides is 3. The predicted octanol–water partition coefficient (Wildman–Crippen LogP) is 4.84. The van der Waals surface area contributed by atoms with Crippen LogP contribution in [0.5, 0.6) is 0 Å². The highest BCUT2D eigenvalue weighted by molar-refractivity contribution is 7.28. The van der Waals surface area contributed by atoms with Crippen molar-refractivity contribution >= 4 is 31.8 Å². The van der Waals surface area contributed by atoms with E-state index in [-0.39, 0.29) is 18.5 Å². The lowest BCUT2D eigenvalue weighted by Crippen LogP contribution is -2.46. The largest absolute Gasteiger partial charge is 0.403 e. The SMILES string of the molecule is CC(NC1CCN(c2ccc(-c3cc(-c4ccccc4P)ncc3C#N)cc2NC(=O)CNCC2CC2)C1)C(F)(F)F. The lowest BCUT2D eigenvalue weighted by atomic mass is 9.98. The van der Waals surface area contributed by atoms with Crippen LogP contribution in [-0.4, -0.2) is 55.3 Å². The van der Waals surface area contributed by atoms with Gasteiger partial charge in [-0.3, -0.25) is 9.78 Å². The summed E-state index contributed by atoms with van der Waals surface area (Å²) in [4.78, 5) is 19.5. The molecule has 0 bridgehead atoms. The minimum Gasteiger partial charge on any atom is -0.368 e. The van der Waals surface area contributed by atoms with Gasteiger partial charge in [-0.15, -0.1) is 9.24 Å². The van der Waals surface area contributed by atoms with Gasteiger partial charge >= 0.3 is 6.18 Å². The van der Waals surface area contributed by atoms with Gasteiger partial charge in [-0.05, 0) is 67.7 Å². The molecule has 1 saturated heterocycles. The number of nitrogens with zero attached hydrogens (tertiary/aromatic N) is 3. The molecule has 1 amide bonds. The fourth-order valence-corrected chi connectivity index (χ4v) is 5.56. The summed E-state index contributed by atoms with van der Waals surface area (Å²) < 4.78 is 39.5. The molecule has 2 fully saturated rings. The third-order valence-electron chi connectivity index (χ3n) is 7.76. The highest BCUT2D eigenvalue weighted by Gasteiger charge is 2.38. The van der Waals surface area contributed by atoms with E-state index < -0.39 is 12.2 Å². The first-order chi connectivity index (χ1) is 20.1. The van der Waals surface area contributed by atoms with Crippen LogP contribution >= 0.6 is 9.24 Å². The summed E-state index contributed by atoms with van der Waals surface area (Å²) in [6.07, 6.45) is 0.122. The number of rotatable bonds is 10. The van der Waals surface area contributed by atoms with E-state index in [4.69, 9.17) is 0 Å². The van der Waals surface area contributed by atoms with Crippen LogP contribution in [0.4, 0.5) is 24.5 Å². The van der Waals surface area contributed by atoms with Crippen molar-refractivity contribution in [1.82, 2.24) is 15.6 Å². The molecule has 1 aliphatic heterocycles. The first kappa shape index (κ1) is 30.0. The van der Waals surface area contributed by atoms with Gasteiger partial charge < -0.3 is 20.9 Å². The highest BCUT2D eigenvalue weighted by atomic mass is 31.0. The Bertz CT molecular complexity index is 1490. The van der Waals surface area contributed by atoms with E-state index in [1.807, 2.05) is 53.4 Å². The number of nitrogens with one attached hydrogen (secondary N) is 3. The van der Waals surface area contributed by atoms with Crippen molar-refractivity contribution in [3.8, 4) is 28.5 Å². The van der Waals surface area contributed by atoms with Gasteiger partial charge in [0, 0.05) is 36.5 Å². The minimum absolute atomic E-state index is 0.154. The number of aromatic nitrogens is 1. The summed E-state index contributed by atoms with van der Waals surface area (Å²) in [6, 6.07) is 15.5. The summed E-state index contributed by atoms with van der Waals surface area (Å²) >= 11 is 0. The zero-order chi connectivity index (χ0) is 29.9. The van der Waals surface area contributed by atoms with Gasteiger partial charge in [-0.2, -0.15) is 18.4 Å². The van der Waals surface area contributed by atoms with E-state index in [0.29, 0.717) is 47.9 Å². The molecule has 1 aromatic heterocycles. The molecule has 220 valence electrons. The fraction of sp³-hybridized carbons (Fsp3) is 0.387. The van der Waals surface area contributed by atoms with Crippen LogP contribution in [0.25, 0.3) is 22.4 Å². The lowest BCUT2D eigenvalue weighted by Gasteiger charge is -2.25. The zero-order valence-corrected chi connectivity index (χ0v) is 24.5. The number of pyridine rings is 1. The minimum atomic E-state index is -4.32. The van der Waals surface area contributed by atoms with Crippen molar-refractivity contribution in [2.45, 2.75) is 44.4 Å². The molecule has 3 aromatic rings. The third-order valence-corrected chi connectivity index (χ3v) is 8.27. The number of carbonyl (C=O) groups is 1. The van der Waals surface area contributed by atoms with E-state index in [1.54, 1.807) is 6.20 Å². The zero-order valence-electron chi connectivity index (χ0n) is 23.3. The maximum Gasteiger partial charge on any atom is 0.403 e. The molecule has 2 aromatic carbocycles. The molecule has 0 spiro atoms. The summed E-state index contributed by atoms with van der Waals surface area (Å²) in [6.45, 7) is 2.98. The number of halogens is 3. The molecule has 0 radical (unpaired) electrons. The molecule has 7 nitrogen and oxygen atoms in total. The highest BCUT2D eigenvalue weighted by Crippen LogP contribution is 2.36. The third kappa shape index (κ3) is 7.27. The second-order valence-corrected chi connectivity index (χ2v) is 11.7. The maximum absolute atomic E-state index is 13.2. The first-order valence-corrected chi connectivity index (χ1v) is 14.7. The molecule has 3 unspecified atom stereocenters. The van der Waals surface area contributed by atoms with Gasteiger partial charge in [-0.25, -0.2) is 0 Å². The van der Waals surface area contributed by atoms with Gasteiger partial charge in [0.25, 0.3) is 0 Å². The van der Waals surface area contributed by atoms with Crippen molar-refractivity contribution in [1.29, 1.82) is 5.26 Å². The Balaban J connectivity index is 1.45. The monoisotopic (exact) mass is 594 g/mol. The molecule has 3 N–H and O–H groups in total. The van der Waals surface area contributed by atoms with Gasteiger partial charge in [0.05, 0.1) is 29.2 Å². The normalized spacial score (nSPS) is 17.6. The van der Waals surface area contributed by atoms with Crippen LogP contribution in [-0.2, 0) is 4.79 Å². The second kappa shape index (κ2) is 12.8. The van der Waals surface area contributed by atoms with E-state index in [0.717, 1.165) is 35.6 Å². The number of amides is 1. The maximum atomic E-state index is 13.2. The number of hydrogen-bond donors (Lipinski definition) is 3. The second-order valence-electron chi connectivity index (χ2n) is 11.0. The van der Waals surface area contributed by atoms with Crippen LogP contribution in [0.2, 0.25) is 0 Å². The molecule has 2 aliphatic rings. The van der Waals surface area contributed by atoms with Gasteiger partial charge in [0.15, 0.2) is 0 Å². The van der Waals surface area contributed by atoms with Crippen molar-refractivity contribution < 1.29 is 18.0 Å². The standard InChI is InChI=1S/C31H34F3N6OP/c1-19(31(32,33)34)38-23-10-11-40(18-23)28-9-8-21(12-27(28)39-30(41)17-36-15-20-6-7-20)25-13-26(37-16-22(25)14-35)24-4-2-3-5-29(24)42/h2-5,8-9,12-13,16,19-20,23,36,38H,6-7,10-11,15,17-18,42H2,1H3,(H,39,41). The van der Waals surface area contributed by atoms with E-state index in [9.17, 15) is 23.2 Å². The van der Waals surface area contributed by atoms with E-state index in [2.05, 4.69) is 36.2 Å². The summed E-state index contributed by atoms with van der Waals surface area (Å²) in [5.41, 5.74) is 4.68. The van der Waals surface area contributed by atoms with Gasteiger partial charge in [0.1, 0.15) is 12.1 Å². The topological polar surface area (TPSA) is 93.1 Å². The molecular weight excluding hydrogens is 560 g/mol. The average molecular weight is 595 g/mol. The van der Waals surface area contributed by atoms with Crippen LogP contribution in [0.3, 0.4) is 0 Å². The average Bonchev–Trinajstić information content (AvgIpc) is 3.67. The van der Waals surface area contributed by atoms with Gasteiger partial charge in [-0.1, -0.05) is 30.3 Å². The predicted molar refractivity (Wildman–Crippen MR) is 163 cm³/mol. The molecule has 3 atom stereocenters. The van der Waals surface area contributed by atoms with Crippen molar-refractivity contribution in [3.05, 3.63) is 60.3 Å². The number of carbonyl (C=O) groups excluding carboxylic acids is 1. The molecule has 1 saturated carbocycles. The Kier molecular flexibility index (Phi) is 9.12. The Morgan fingerprint density at radius 1 is 1.17 bits per heavy atom. The number of nitriles is 1. The molecular formula is C31H34F3N6OP. The lowest BCUT2D eigenvalue weighted by molar-refractivity contribution is -0.153. The van der Waals surface area contributed by atoms with Gasteiger partial charge in [0.2, 0.25) is 5.91 Å². The van der Waals surface area contributed by atoms with Crippen molar-refractivity contribution in [2.75, 3.05) is 36.4 Å². The quantitative estimate of drug-likeness (QED) is 0.291. The van der Waals surface area contributed by atoms with Crippen LogP contribution in [0.1, 0.15) is 31.7 Å². The Labute approximate surface area is 246 Å². The first-order valence-electron chi connectivity index (χ1n) is 14.1. The number of benzene rings is 2.